The molecule has 0 radical (unpaired) electrons. The Labute approximate surface area is 196 Å². The monoisotopic (exact) mass is 482 g/mol. The van der Waals surface area contributed by atoms with Crippen molar-refractivity contribution in [1.29, 1.82) is 0 Å². The van der Waals surface area contributed by atoms with Crippen LogP contribution in [-0.4, -0.2) is 20.6 Å². The minimum Gasteiger partial charge on any atom is -0.321 e. The van der Waals surface area contributed by atoms with Gasteiger partial charge in [-0.2, -0.15) is 0 Å². The Hall–Kier alpha value is -3.23. The molecular formula is C25H23FN2O3S2. The van der Waals surface area contributed by atoms with Gasteiger partial charge in [0.25, 0.3) is 5.91 Å². The van der Waals surface area contributed by atoms with Crippen LogP contribution in [0.2, 0.25) is 0 Å². The predicted octanol–water partition coefficient (Wildman–Crippen LogP) is 5.99. The van der Waals surface area contributed by atoms with Crippen molar-refractivity contribution in [2.75, 3.05) is 16.3 Å². The van der Waals surface area contributed by atoms with E-state index in [4.69, 9.17) is 0 Å². The van der Waals surface area contributed by atoms with Gasteiger partial charge in [0.2, 0.25) is 10.0 Å². The quantitative estimate of drug-likeness (QED) is 0.354. The van der Waals surface area contributed by atoms with Crippen LogP contribution < -0.4 is 10.0 Å². The van der Waals surface area contributed by atoms with Gasteiger partial charge >= 0.3 is 0 Å². The van der Waals surface area contributed by atoms with Gasteiger partial charge in [0.15, 0.2) is 0 Å². The first-order chi connectivity index (χ1) is 15.5. The van der Waals surface area contributed by atoms with Gasteiger partial charge < -0.3 is 5.32 Å². The number of benzene rings is 3. The molecule has 2 N–H and O–H groups in total. The maximum Gasteiger partial charge on any atom is 0.265 e. The third kappa shape index (κ3) is 5.07. The number of carbonyl (C=O) groups excluding carboxylic acids is 1. The number of anilines is 2. The number of hydrogen-bond acceptors (Lipinski definition) is 4. The molecule has 170 valence electrons. The van der Waals surface area contributed by atoms with Crippen molar-refractivity contribution in [3.8, 4) is 0 Å². The Morgan fingerprint density at radius 3 is 2.42 bits per heavy atom. The van der Waals surface area contributed by atoms with Crippen molar-refractivity contribution in [2.24, 2.45) is 0 Å². The first-order valence-electron chi connectivity index (χ1n) is 10.2. The molecular weight excluding hydrogens is 459 g/mol. The van der Waals surface area contributed by atoms with E-state index in [2.05, 4.69) is 10.0 Å². The van der Waals surface area contributed by atoms with E-state index < -0.39 is 15.4 Å². The highest BCUT2D eigenvalue weighted by atomic mass is 32.2. The maximum absolute atomic E-state index is 14.4. The molecule has 4 aromatic rings. The van der Waals surface area contributed by atoms with Gasteiger partial charge in [-0.25, -0.2) is 12.8 Å². The number of rotatable bonds is 6. The van der Waals surface area contributed by atoms with Gasteiger partial charge in [0.1, 0.15) is 5.82 Å². The minimum absolute atomic E-state index is 0.269. The lowest BCUT2D eigenvalue weighted by atomic mass is 9.78. The molecule has 0 saturated carbocycles. The summed E-state index contributed by atoms with van der Waals surface area (Å²) in [6.45, 7) is 3.89. The molecule has 1 amide bonds. The van der Waals surface area contributed by atoms with Crippen molar-refractivity contribution in [3.05, 3.63) is 94.6 Å². The van der Waals surface area contributed by atoms with Gasteiger partial charge in [-0.05, 0) is 59.0 Å². The highest BCUT2D eigenvalue weighted by Gasteiger charge is 2.26. The zero-order valence-electron chi connectivity index (χ0n) is 18.3. The molecule has 33 heavy (non-hydrogen) atoms. The molecule has 0 saturated heterocycles. The highest BCUT2D eigenvalue weighted by Crippen LogP contribution is 2.34. The van der Waals surface area contributed by atoms with Crippen molar-refractivity contribution >= 4 is 48.7 Å². The zero-order valence-corrected chi connectivity index (χ0v) is 20.0. The van der Waals surface area contributed by atoms with Crippen molar-refractivity contribution in [1.82, 2.24) is 0 Å². The van der Waals surface area contributed by atoms with E-state index in [1.54, 1.807) is 42.5 Å². The fourth-order valence-corrected chi connectivity index (χ4v) is 5.23. The van der Waals surface area contributed by atoms with Crippen LogP contribution in [-0.2, 0) is 15.4 Å². The van der Waals surface area contributed by atoms with E-state index in [9.17, 15) is 17.6 Å². The lowest BCUT2D eigenvalue weighted by Crippen LogP contribution is -2.21. The standard InChI is InChI=1S/C25H23FN2O3S2/c1-25(2,20-9-4-5-10-21(20)26)17-7-6-8-18(15-17)27-24(29)23-14-16-13-19(28-33(3,30)31)11-12-22(16)32-23/h4-15,28H,1-3H3,(H,27,29). The second-order valence-corrected chi connectivity index (χ2v) is 11.2. The largest absolute Gasteiger partial charge is 0.321 e. The molecule has 0 aliphatic heterocycles. The van der Waals surface area contributed by atoms with Crippen LogP contribution in [0.5, 0.6) is 0 Å². The SMILES string of the molecule is CC(C)(c1cccc(NC(=O)c2cc3cc(NS(C)(=O)=O)ccc3s2)c1)c1ccccc1F. The third-order valence-electron chi connectivity index (χ3n) is 5.43. The van der Waals surface area contributed by atoms with E-state index >= 15 is 0 Å². The number of nitrogens with one attached hydrogen (secondary N) is 2. The van der Waals surface area contributed by atoms with Gasteiger partial charge in [-0.15, -0.1) is 11.3 Å². The van der Waals surface area contributed by atoms with Crippen LogP contribution in [0, 0.1) is 5.82 Å². The first kappa shape index (κ1) is 22.9. The summed E-state index contributed by atoms with van der Waals surface area (Å²) in [7, 11) is -3.38. The summed E-state index contributed by atoms with van der Waals surface area (Å²) >= 11 is 1.32. The number of hydrogen-bond donors (Lipinski definition) is 2. The van der Waals surface area contributed by atoms with Crippen molar-refractivity contribution < 1.29 is 17.6 Å². The Balaban J connectivity index is 1.58. The summed E-state index contributed by atoms with van der Waals surface area (Å²) in [6, 6.07) is 21.0. The van der Waals surface area contributed by atoms with Crippen LogP contribution in [0.15, 0.2) is 72.8 Å². The van der Waals surface area contributed by atoms with E-state index in [-0.39, 0.29) is 11.7 Å². The average molecular weight is 483 g/mol. The second kappa shape index (κ2) is 8.61. The van der Waals surface area contributed by atoms with Crippen molar-refractivity contribution in [2.45, 2.75) is 19.3 Å². The molecule has 0 unspecified atom stereocenters. The van der Waals surface area contributed by atoms with Gasteiger partial charge in [0, 0.05) is 21.5 Å². The molecule has 4 rings (SSSR count). The highest BCUT2D eigenvalue weighted by molar-refractivity contribution is 7.92. The fourth-order valence-electron chi connectivity index (χ4n) is 3.73. The number of amides is 1. The van der Waals surface area contributed by atoms with E-state index in [0.29, 0.717) is 21.8 Å². The number of sulfonamides is 1. The topological polar surface area (TPSA) is 75.3 Å². The van der Waals surface area contributed by atoms with Gasteiger partial charge in [0.05, 0.1) is 11.1 Å². The molecule has 0 spiro atoms. The minimum atomic E-state index is -3.38. The van der Waals surface area contributed by atoms with Gasteiger partial charge in [-0.1, -0.05) is 44.2 Å². The zero-order chi connectivity index (χ0) is 23.8. The molecule has 5 nitrogen and oxygen atoms in total. The third-order valence-corrected chi connectivity index (χ3v) is 7.15. The summed E-state index contributed by atoms with van der Waals surface area (Å²) < 4.78 is 40.7. The lowest BCUT2D eigenvalue weighted by Gasteiger charge is -2.27. The summed E-state index contributed by atoms with van der Waals surface area (Å²) in [4.78, 5) is 13.4. The summed E-state index contributed by atoms with van der Waals surface area (Å²) in [6.07, 6.45) is 1.09. The van der Waals surface area contributed by atoms with E-state index in [1.807, 2.05) is 38.1 Å². The Bertz CT molecular complexity index is 1460. The predicted molar refractivity (Wildman–Crippen MR) is 133 cm³/mol. The summed E-state index contributed by atoms with van der Waals surface area (Å²) in [5.74, 6) is -0.540. The summed E-state index contributed by atoms with van der Waals surface area (Å²) in [5.41, 5.74) is 1.92. The smallest absolute Gasteiger partial charge is 0.265 e. The molecule has 1 heterocycles. The lowest BCUT2D eigenvalue weighted by molar-refractivity contribution is 0.103. The van der Waals surface area contributed by atoms with Crippen LogP contribution in [0.4, 0.5) is 15.8 Å². The summed E-state index contributed by atoms with van der Waals surface area (Å²) in [5, 5.41) is 3.69. The number of halogens is 1. The molecule has 0 atom stereocenters. The van der Waals surface area contributed by atoms with Crippen LogP contribution in [0.25, 0.3) is 10.1 Å². The van der Waals surface area contributed by atoms with E-state index in [1.165, 1.54) is 17.4 Å². The molecule has 0 aliphatic rings. The van der Waals surface area contributed by atoms with Gasteiger partial charge in [-0.3, -0.25) is 9.52 Å². The molecule has 1 aromatic heterocycles. The molecule has 8 heteroatoms. The number of thiophene rings is 1. The average Bonchev–Trinajstić information content (AvgIpc) is 3.16. The molecule has 0 bridgehead atoms. The Morgan fingerprint density at radius 2 is 1.70 bits per heavy atom. The van der Waals surface area contributed by atoms with E-state index in [0.717, 1.165) is 21.9 Å². The molecule has 0 aliphatic carbocycles. The number of carbonyl (C=O) groups is 1. The van der Waals surface area contributed by atoms with Crippen molar-refractivity contribution in [3.63, 3.8) is 0 Å². The Morgan fingerprint density at radius 1 is 0.939 bits per heavy atom. The molecule has 3 aromatic carbocycles. The maximum atomic E-state index is 14.4. The normalized spacial score (nSPS) is 12.0. The first-order valence-corrected chi connectivity index (χ1v) is 12.9. The number of fused-ring (bicyclic) bond motifs is 1. The fraction of sp³-hybridized carbons (Fsp3) is 0.160. The Kier molecular flexibility index (Phi) is 5.99. The van der Waals surface area contributed by atoms with Crippen LogP contribution in [0.1, 0.15) is 34.6 Å². The van der Waals surface area contributed by atoms with Crippen LogP contribution in [0.3, 0.4) is 0 Å². The van der Waals surface area contributed by atoms with Crippen LogP contribution >= 0.6 is 11.3 Å². The molecule has 0 fully saturated rings. The second-order valence-electron chi connectivity index (χ2n) is 8.38.